The van der Waals surface area contributed by atoms with Crippen LogP contribution in [0.2, 0.25) is 4.82 Å². The Morgan fingerprint density at radius 1 is 1.24 bits per heavy atom. The summed E-state index contributed by atoms with van der Waals surface area (Å²) in [5.41, 5.74) is 1.42. The van der Waals surface area contributed by atoms with Gasteiger partial charge in [0.05, 0.1) is 0 Å². The van der Waals surface area contributed by atoms with E-state index < -0.39 is 0 Å². The van der Waals surface area contributed by atoms with E-state index in [1.165, 1.54) is 23.7 Å². The first-order chi connectivity index (χ1) is 8.33. The molecule has 3 atom stereocenters. The van der Waals surface area contributed by atoms with Crippen molar-refractivity contribution >= 4 is 20.9 Å². The van der Waals surface area contributed by atoms with Crippen molar-refractivity contribution in [2.24, 2.45) is 5.92 Å². The van der Waals surface area contributed by atoms with Crippen LogP contribution in [-0.4, -0.2) is 27.0 Å². The van der Waals surface area contributed by atoms with Crippen LogP contribution >= 0.6 is 0 Å². The molecule has 1 heterocycles. The van der Waals surface area contributed by atoms with Crippen LogP contribution in [0.3, 0.4) is 0 Å². The van der Waals surface area contributed by atoms with Gasteiger partial charge in [-0.05, 0) is 0 Å². The molecule has 1 aliphatic heterocycles. The van der Waals surface area contributed by atoms with Gasteiger partial charge in [0.2, 0.25) is 0 Å². The summed E-state index contributed by atoms with van der Waals surface area (Å²) in [6, 6.07) is 10.6. The van der Waals surface area contributed by atoms with Gasteiger partial charge < -0.3 is 0 Å². The van der Waals surface area contributed by atoms with Crippen molar-refractivity contribution in [1.82, 2.24) is 0 Å². The molecule has 1 aromatic carbocycles. The molecule has 3 rings (SSSR count). The zero-order chi connectivity index (χ0) is 11.7. The molecule has 0 aromatic heterocycles. The van der Waals surface area contributed by atoms with Crippen molar-refractivity contribution in [2.45, 2.75) is 35.5 Å². The second kappa shape index (κ2) is 4.83. The number of esters is 1. The predicted octanol–water partition coefficient (Wildman–Crippen LogP) is 2.40. The zero-order valence-electron chi connectivity index (χ0n) is 9.67. The van der Waals surface area contributed by atoms with Gasteiger partial charge in [-0.2, -0.15) is 0 Å². The standard InChI is InChI=1S/C14H16O2Se/c15-13-8-11-6-7-12(14(11)16-13)17-9-10-4-2-1-3-5-10/h1-5,11-12,14H,6-9H2. The van der Waals surface area contributed by atoms with Gasteiger partial charge in [-0.15, -0.1) is 0 Å². The number of benzene rings is 1. The third-order valence-electron chi connectivity index (χ3n) is 3.66. The second-order valence-corrected chi connectivity index (χ2v) is 7.41. The normalized spacial score (nSPS) is 31.3. The van der Waals surface area contributed by atoms with E-state index in [1.54, 1.807) is 0 Å². The molecule has 3 heteroatoms. The number of carbonyl (C=O) groups excluding carboxylic acids is 1. The zero-order valence-corrected chi connectivity index (χ0v) is 11.4. The van der Waals surface area contributed by atoms with E-state index in [0.29, 0.717) is 32.1 Å². The molecule has 0 spiro atoms. The van der Waals surface area contributed by atoms with E-state index in [1.807, 2.05) is 0 Å². The molecule has 3 unspecified atom stereocenters. The maximum absolute atomic E-state index is 11.3. The Bertz CT molecular complexity index is 404. The van der Waals surface area contributed by atoms with E-state index in [0.717, 1.165) is 0 Å². The Labute approximate surface area is 108 Å². The van der Waals surface area contributed by atoms with Gasteiger partial charge in [-0.25, -0.2) is 0 Å². The van der Waals surface area contributed by atoms with Crippen LogP contribution < -0.4 is 0 Å². The van der Waals surface area contributed by atoms with Crippen LogP contribution in [0.25, 0.3) is 0 Å². The summed E-state index contributed by atoms with van der Waals surface area (Å²) in [5.74, 6) is 0.561. The van der Waals surface area contributed by atoms with Crippen LogP contribution in [0, 0.1) is 5.92 Å². The molecule has 0 bridgehead atoms. The summed E-state index contributed by atoms with van der Waals surface area (Å²) in [6.45, 7) is 0. The molecule has 1 aromatic rings. The van der Waals surface area contributed by atoms with Crippen LogP contribution in [0.4, 0.5) is 0 Å². The van der Waals surface area contributed by atoms with Crippen molar-refractivity contribution in [3.8, 4) is 0 Å². The van der Waals surface area contributed by atoms with E-state index in [4.69, 9.17) is 4.74 Å². The average molecular weight is 295 g/mol. The van der Waals surface area contributed by atoms with Gasteiger partial charge in [0, 0.05) is 0 Å². The van der Waals surface area contributed by atoms with Crippen LogP contribution in [0.5, 0.6) is 0 Å². The summed E-state index contributed by atoms with van der Waals surface area (Å²) in [4.78, 5) is 11.9. The van der Waals surface area contributed by atoms with Crippen molar-refractivity contribution in [3.05, 3.63) is 35.9 Å². The molecule has 2 fully saturated rings. The van der Waals surface area contributed by atoms with E-state index >= 15 is 0 Å². The molecule has 1 saturated carbocycles. The molecule has 17 heavy (non-hydrogen) atoms. The molecule has 1 aliphatic carbocycles. The van der Waals surface area contributed by atoms with Gasteiger partial charge in [-0.1, -0.05) is 0 Å². The fourth-order valence-electron chi connectivity index (χ4n) is 2.77. The van der Waals surface area contributed by atoms with Crippen molar-refractivity contribution in [3.63, 3.8) is 0 Å². The van der Waals surface area contributed by atoms with Crippen LogP contribution in [0.15, 0.2) is 30.3 Å². The number of hydrogen-bond donors (Lipinski definition) is 0. The first-order valence-electron chi connectivity index (χ1n) is 6.18. The minimum atomic E-state index is 0.0280. The first kappa shape index (κ1) is 11.3. The Morgan fingerprint density at radius 2 is 2.06 bits per heavy atom. The Hall–Kier alpha value is -0.791. The topological polar surface area (TPSA) is 26.3 Å². The maximum atomic E-state index is 11.3. The van der Waals surface area contributed by atoms with Crippen molar-refractivity contribution < 1.29 is 9.53 Å². The number of hydrogen-bond acceptors (Lipinski definition) is 2. The number of fused-ring (bicyclic) bond motifs is 1. The number of carbonyl (C=O) groups is 1. The van der Waals surface area contributed by atoms with Crippen molar-refractivity contribution in [1.29, 1.82) is 0 Å². The molecule has 0 N–H and O–H groups in total. The van der Waals surface area contributed by atoms with Gasteiger partial charge in [0.25, 0.3) is 0 Å². The summed E-state index contributed by atoms with van der Waals surface area (Å²) >= 11 is 0.561. The SMILES string of the molecule is O=C1CC2CCC([Se]Cc3ccccc3)C2O1. The summed E-state index contributed by atoms with van der Waals surface area (Å²) in [7, 11) is 0. The van der Waals surface area contributed by atoms with E-state index in [-0.39, 0.29) is 12.1 Å². The Kier molecular flexibility index (Phi) is 3.21. The minimum absolute atomic E-state index is 0.0280. The fourth-order valence-corrected chi connectivity index (χ4v) is 5.64. The Morgan fingerprint density at radius 3 is 2.88 bits per heavy atom. The fraction of sp³-hybridized carbons (Fsp3) is 0.500. The molecule has 1 saturated heterocycles. The quantitative estimate of drug-likeness (QED) is 0.632. The van der Waals surface area contributed by atoms with Gasteiger partial charge in [0.1, 0.15) is 0 Å². The monoisotopic (exact) mass is 296 g/mol. The first-order valence-corrected chi connectivity index (χ1v) is 8.38. The van der Waals surface area contributed by atoms with Gasteiger partial charge in [0.15, 0.2) is 0 Å². The number of rotatable bonds is 3. The summed E-state index contributed by atoms with van der Waals surface area (Å²) < 4.78 is 5.46. The van der Waals surface area contributed by atoms with E-state index in [2.05, 4.69) is 30.3 Å². The predicted molar refractivity (Wildman–Crippen MR) is 66.9 cm³/mol. The third kappa shape index (κ3) is 2.41. The molecular formula is C14H16O2Se. The molecule has 2 aliphatic rings. The van der Waals surface area contributed by atoms with E-state index in [9.17, 15) is 4.79 Å². The van der Waals surface area contributed by atoms with Gasteiger partial charge >= 0.3 is 108 Å². The molecule has 0 amide bonds. The average Bonchev–Trinajstić information content (AvgIpc) is 2.87. The summed E-state index contributed by atoms with van der Waals surface area (Å²) in [5, 5.41) is 1.17. The van der Waals surface area contributed by atoms with Crippen LogP contribution in [0.1, 0.15) is 24.8 Å². The second-order valence-electron chi connectivity index (χ2n) is 4.83. The Balaban J connectivity index is 1.58. The molecule has 90 valence electrons. The van der Waals surface area contributed by atoms with Gasteiger partial charge in [-0.3, -0.25) is 0 Å². The van der Waals surface area contributed by atoms with Crippen LogP contribution in [-0.2, 0) is 14.9 Å². The summed E-state index contributed by atoms with van der Waals surface area (Å²) in [6.07, 6.45) is 3.38. The molecule has 0 radical (unpaired) electrons. The number of ether oxygens (including phenoxy) is 1. The molecular weight excluding hydrogens is 279 g/mol. The molecule has 2 nitrogen and oxygen atoms in total. The third-order valence-corrected chi connectivity index (χ3v) is 6.66. The van der Waals surface area contributed by atoms with Crippen molar-refractivity contribution in [2.75, 3.05) is 0 Å².